The highest BCUT2D eigenvalue weighted by Gasteiger charge is 2.35. The van der Waals surface area contributed by atoms with Crippen molar-refractivity contribution in [2.75, 3.05) is 19.6 Å². The van der Waals surface area contributed by atoms with Crippen LogP contribution in [-0.4, -0.2) is 46.6 Å². The molecule has 3 saturated heterocycles. The molecule has 1 unspecified atom stereocenters. The Labute approximate surface area is 156 Å². The van der Waals surface area contributed by atoms with Crippen LogP contribution >= 0.6 is 0 Å². The third-order valence-corrected chi connectivity index (χ3v) is 5.88. The van der Waals surface area contributed by atoms with Crippen LogP contribution in [0, 0.1) is 19.8 Å². The number of carbonyl (C=O) groups excluding carboxylic acids is 1. The standard InChI is InChI=1S/C20H22N4O3/c1-11-17(12(2)27-23-11)20-22-18-14(4-3-5-16(18)26-20)19(25)21-15-10-24-8-6-13(15)7-9-24/h3-5,13,15H,6-10H2,1-2H3,(H,21,25). The monoisotopic (exact) mass is 366 g/mol. The average Bonchev–Trinajstić information content (AvgIpc) is 3.24. The van der Waals surface area contributed by atoms with E-state index in [-0.39, 0.29) is 11.9 Å². The number of nitrogens with one attached hydrogen (secondary N) is 1. The molecular formula is C20H22N4O3. The first-order chi connectivity index (χ1) is 13.1. The highest BCUT2D eigenvalue weighted by molar-refractivity contribution is 6.05. The summed E-state index contributed by atoms with van der Waals surface area (Å²) in [4.78, 5) is 20.0. The van der Waals surface area contributed by atoms with Crippen molar-refractivity contribution < 1.29 is 13.7 Å². The molecule has 1 atom stereocenters. The van der Waals surface area contributed by atoms with Gasteiger partial charge in [0.05, 0.1) is 11.3 Å². The third kappa shape index (κ3) is 2.73. The molecule has 3 fully saturated rings. The number of piperidine rings is 3. The summed E-state index contributed by atoms with van der Waals surface area (Å²) in [5.41, 5.74) is 3.18. The van der Waals surface area contributed by atoms with E-state index in [0.29, 0.717) is 34.2 Å². The molecule has 140 valence electrons. The van der Waals surface area contributed by atoms with Crippen LogP contribution in [0.2, 0.25) is 0 Å². The number of para-hydroxylation sites is 1. The predicted molar refractivity (Wildman–Crippen MR) is 99.4 cm³/mol. The number of aromatic nitrogens is 2. The zero-order valence-electron chi connectivity index (χ0n) is 15.5. The lowest BCUT2D eigenvalue weighted by Gasteiger charge is -2.44. The number of oxazole rings is 1. The molecular weight excluding hydrogens is 344 g/mol. The van der Waals surface area contributed by atoms with Crippen molar-refractivity contribution in [2.45, 2.75) is 32.7 Å². The number of carbonyl (C=O) groups is 1. The van der Waals surface area contributed by atoms with Crippen LogP contribution < -0.4 is 5.32 Å². The van der Waals surface area contributed by atoms with E-state index < -0.39 is 0 Å². The van der Waals surface area contributed by atoms with Crippen molar-refractivity contribution in [3.8, 4) is 11.5 Å². The van der Waals surface area contributed by atoms with E-state index in [1.54, 1.807) is 6.07 Å². The number of aryl methyl sites for hydroxylation is 2. The molecule has 6 rings (SSSR count). The van der Waals surface area contributed by atoms with Crippen molar-refractivity contribution in [1.29, 1.82) is 0 Å². The summed E-state index contributed by atoms with van der Waals surface area (Å²) >= 11 is 0. The van der Waals surface area contributed by atoms with Crippen LogP contribution in [-0.2, 0) is 0 Å². The lowest BCUT2D eigenvalue weighted by molar-refractivity contribution is 0.0621. The van der Waals surface area contributed by atoms with Crippen molar-refractivity contribution >= 4 is 17.0 Å². The van der Waals surface area contributed by atoms with E-state index in [4.69, 9.17) is 8.94 Å². The SMILES string of the molecule is Cc1noc(C)c1-c1nc2c(C(=O)NC3CN4CCC3CC4)cccc2o1. The summed E-state index contributed by atoms with van der Waals surface area (Å²) in [7, 11) is 0. The van der Waals surface area contributed by atoms with Gasteiger partial charge in [0, 0.05) is 12.6 Å². The van der Waals surface area contributed by atoms with Gasteiger partial charge >= 0.3 is 0 Å². The maximum Gasteiger partial charge on any atom is 0.253 e. The number of rotatable bonds is 3. The Balaban J connectivity index is 1.47. The molecule has 5 heterocycles. The predicted octanol–water partition coefficient (Wildman–Crippen LogP) is 2.92. The minimum Gasteiger partial charge on any atom is -0.436 e. The molecule has 2 aromatic heterocycles. The van der Waals surface area contributed by atoms with Crippen LogP contribution in [0.1, 0.15) is 34.7 Å². The molecule has 2 bridgehead atoms. The van der Waals surface area contributed by atoms with Gasteiger partial charge in [0.2, 0.25) is 5.89 Å². The molecule has 27 heavy (non-hydrogen) atoms. The van der Waals surface area contributed by atoms with Gasteiger partial charge in [-0.1, -0.05) is 11.2 Å². The molecule has 1 N–H and O–H groups in total. The molecule has 0 aliphatic carbocycles. The minimum atomic E-state index is -0.0852. The Kier molecular flexibility index (Phi) is 3.79. The molecule has 3 aliphatic rings. The second-order valence-corrected chi connectivity index (χ2v) is 7.59. The lowest BCUT2D eigenvalue weighted by atomic mass is 9.84. The van der Waals surface area contributed by atoms with Crippen LogP contribution in [0.3, 0.4) is 0 Å². The van der Waals surface area contributed by atoms with Crippen LogP contribution in [0.15, 0.2) is 27.1 Å². The average molecular weight is 366 g/mol. The van der Waals surface area contributed by atoms with E-state index in [1.807, 2.05) is 26.0 Å². The molecule has 3 aromatic rings. The molecule has 0 radical (unpaired) electrons. The van der Waals surface area contributed by atoms with Crippen molar-refractivity contribution in [3.63, 3.8) is 0 Å². The number of hydrogen-bond donors (Lipinski definition) is 1. The second kappa shape index (κ2) is 6.20. The van der Waals surface area contributed by atoms with Crippen LogP contribution in [0.4, 0.5) is 0 Å². The van der Waals surface area contributed by atoms with Gasteiger partial charge in [0.15, 0.2) is 5.58 Å². The number of nitrogens with zero attached hydrogens (tertiary/aromatic N) is 3. The van der Waals surface area contributed by atoms with Crippen molar-refractivity contribution in [3.05, 3.63) is 35.2 Å². The van der Waals surface area contributed by atoms with Gasteiger partial charge in [-0.2, -0.15) is 0 Å². The van der Waals surface area contributed by atoms with E-state index in [9.17, 15) is 4.79 Å². The minimum absolute atomic E-state index is 0.0852. The normalized spacial score (nSPS) is 24.4. The second-order valence-electron chi connectivity index (χ2n) is 7.59. The molecule has 0 spiro atoms. The van der Waals surface area contributed by atoms with E-state index in [2.05, 4.69) is 20.4 Å². The molecule has 1 aromatic carbocycles. The van der Waals surface area contributed by atoms with Gasteiger partial charge in [-0.25, -0.2) is 4.98 Å². The maximum absolute atomic E-state index is 13.0. The van der Waals surface area contributed by atoms with Gasteiger partial charge in [0.25, 0.3) is 5.91 Å². The zero-order chi connectivity index (χ0) is 18.5. The van der Waals surface area contributed by atoms with Crippen LogP contribution in [0.5, 0.6) is 0 Å². The summed E-state index contributed by atoms with van der Waals surface area (Å²) in [5.74, 6) is 1.58. The third-order valence-electron chi connectivity index (χ3n) is 5.88. The fraction of sp³-hybridized carbons (Fsp3) is 0.450. The maximum atomic E-state index is 13.0. The Morgan fingerprint density at radius 1 is 1.26 bits per heavy atom. The summed E-state index contributed by atoms with van der Waals surface area (Å²) < 4.78 is 11.1. The number of hydrogen-bond acceptors (Lipinski definition) is 6. The largest absolute Gasteiger partial charge is 0.436 e. The lowest BCUT2D eigenvalue weighted by Crippen LogP contribution is -2.57. The highest BCUT2D eigenvalue weighted by Crippen LogP contribution is 2.31. The van der Waals surface area contributed by atoms with Gasteiger partial charge in [0.1, 0.15) is 16.8 Å². The van der Waals surface area contributed by atoms with Crippen LogP contribution in [0.25, 0.3) is 22.6 Å². The van der Waals surface area contributed by atoms with Crippen molar-refractivity contribution in [2.24, 2.45) is 5.92 Å². The van der Waals surface area contributed by atoms with E-state index >= 15 is 0 Å². The van der Waals surface area contributed by atoms with Gasteiger partial charge in [-0.05, 0) is 57.8 Å². The molecule has 3 aliphatic heterocycles. The van der Waals surface area contributed by atoms with Gasteiger partial charge in [-0.3, -0.25) is 4.79 Å². The number of benzene rings is 1. The highest BCUT2D eigenvalue weighted by atomic mass is 16.5. The van der Waals surface area contributed by atoms with Crippen molar-refractivity contribution in [1.82, 2.24) is 20.4 Å². The van der Waals surface area contributed by atoms with E-state index in [1.165, 1.54) is 0 Å². The first-order valence-electron chi connectivity index (χ1n) is 9.46. The number of fused-ring (bicyclic) bond motifs is 4. The van der Waals surface area contributed by atoms with Gasteiger partial charge < -0.3 is 19.2 Å². The number of amides is 1. The molecule has 1 amide bonds. The smallest absolute Gasteiger partial charge is 0.253 e. The first-order valence-corrected chi connectivity index (χ1v) is 9.46. The molecule has 0 saturated carbocycles. The summed E-state index contributed by atoms with van der Waals surface area (Å²) in [6.07, 6.45) is 2.32. The quantitative estimate of drug-likeness (QED) is 0.767. The fourth-order valence-electron chi connectivity index (χ4n) is 4.40. The molecule has 7 nitrogen and oxygen atoms in total. The zero-order valence-corrected chi connectivity index (χ0v) is 15.5. The summed E-state index contributed by atoms with van der Waals surface area (Å²) in [6.45, 7) is 6.91. The topological polar surface area (TPSA) is 84.4 Å². The Morgan fingerprint density at radius 3 is 2.74 bits per heavy atom. The first kappa shape index (κ1) is 16.5. The van der Waals surface area contributed by atoms with Gasteiger partial charge in [-0.15, -0.1) is 0 Å². The van der Waals surface area contributed by atoms with E-state index in [0.717, 1.165) is 43.7 Å². The Bertz CT molecular complexity index is 994. The summed E-state index contributed by atoms with van der Waals surface area (Å²) in [6, 6.07) is 5.67. The fourth-order valence-corrected chi connectivity index (χ4v) is 4.40. The Morgan fingerprint density at radius 2 is 2.07 bits per heavy atom. The Hall–Kier alpha value is -2.67. The summed E-state index contributed by atoms with van der Waals surface area (Å²) in [5, 5.41) is 7.19. The molecule has 7 heteroatoms.